The minimum Gasteiger partial charge on any atom is -0.493 e. The maximum Gasteiger partial charge on any atom is 0.398 e. The van der Waals surface area contributed by atoms with Gasteiger partial charge in [0.15, 0.2) is 11.5 Å². The van der Waals surface area contributed by atoms with Crippen LogP contribution in [0, 0.1) is 12.7 Å². The van der Waals surface area contributed by atoms with Crippen molar-refractivity contribution in [3.8, 4) is 22.8 Å². The van der Waals surface area contributed by atoms with Crippen LogP contribution in [0.3, 0.4) is 0 Å². The van der Waals surface area contributed by atoms with Crippen LogP contribution < -0.4 is 14.8 Å². The summed E-state index contributed by atoms with van der Waals surface area (Å²) in [5, 5.41) is 11.2. The number of aryl methyl sites for hydroxylation is 1. The van der Waals surface area contributed by atoms with E-state index in [-0.39, 0.29) is 41.7 Å². The second kappa shape index (κ2) is 11.2. The number of halogens is 4. The third-order valence-corrected chi connectivity index (χ3v) is 5.12. The van der Waals surface area contributed by atoms with Gasteiger partial charge in [-0.3, -0.25) is 9.78 Å². The summed E-state index contributed by atoms with van der Waals surface area (Å²) in [6.45, 7) is 0.683. The number of ether oxygens (including phenoxy) is 2. The summed E-state index contributed by atoms with van der Waals surface area (Å²) in [6.07, 6.45) is -4.69. The molecule has 0 aliphatic rings. The summed E-state index contributed by atoms with van der Waals surface area (Å²) in [4.78, 5) is 16.8. The van der Waals surface area contributed by atoms with E-state index in [1.165, 1.54) is 55.6 Å². The van der Waals surface area contributed by atoms with Crippen LogP contribution in [-0.4, -0.2) is 49.0 Å². The highest BCUT2D eigenvalue weighted by atomic mass is 19.4. The van der Waals surface area contributed by atoms with Gasteiger partial charge < -0.3 is 19.9 Å². The van der Waals surface area contributed by atoms with Gasteiger partial charge in [0, 0.05) is 17.7 Å². The Balaban J connectivity index is 1.83. The fourth-order valence-electron chi connectivity index (χ4n) is 3.41. The monoisotopic (exact) mass is 492 g/mol. The first-order valence-electron chi connectivity index (χ1n) is 10.6. The van der Waals surface area contributed by atoms with E-state index < -0.39 is 30.4 Å². The molecule has 35 heavy (non-hydrogen) atoms. The molecule has 2 N–H and O–H groups in total. The molecule has 1 atom stereocenters. The molecule has 0 saturated carbocycles. The van der Waals surface area contributed by atoms with Crippen molar-refractivity contribution in [2.45, 2.75) is 19.0 Å². The number of carbonyl (C=O) groups excluding carboxylic acids is 1. The Labute approximate surface area is 199 Å². The van der Waals surface area contributed by atoms with E-state index in [4.69, 9.17) is 14.6 Å². The smallest absolute Gasteiger partial charge is 0.398 e. The molecule has 0 aliphatic heterocycles. The second-order valence-electron chi connectivity index (χ2n) is 7.70. The Morgan fingerprint density at radius 2 is 1.80 bits per heavy atom. The van der Waals surface area contributed by atoms with Crippen molar-refractivity contribution < 1.29 is 36.9 Å². The number of aliphatic hydroxyl groups excluding tert-OH is 1. The molecule has 0 radical (unpaired) electrons. The van der Waals surface area contributed by atoms with Gasteiger partial charge in [-0.2, -0.15) is 13.2 Å². The van der Waals surface area contributed by atoms with Crippen LogP contribution >= 0.6 is 0 Å². The van der Waals surface area contributed by atoms with Gasteiger partial charge in [-0.1, -0.05) is 0 Å². The largest absolute Gasteiger partial charge is 0.493 e. The summed E-state index contributed by atoms with van der Waals surface area (Å²) in [5.41, 5.74) is 1.09. The number of amides is 1. The van der Waals surface area contributed by atoms with Crippen LogP contribution in [0.25, 0.3) is 11.3 Å². The molecule has 3 aromatic rings. The molecule has 0 bridgehead atoms. The molecule has 3 rings (SSSR count). The zero-order chi connectivity index (χ0) is 25.6. The molecule has 1 heterocycles. The first-order chi connectivity index (χ1) is 16.6. The highest BCUT2D eigenvalue weighted by Gasteiger charge is 2.42. The number of rotatable bonds is 9. The van der Waals surface area contributed by atoms with E-state index in [0.717, 1.165) is 0 Å². The van der Waals surface area contributed by atoms with Gasteiger partial charge in [-0.25, -0.2) is 4.39 Å². The molecule has 1 amide bonds. The molecule has 2 aromatic carbocycles. The van der Waals surface area contributed by atoms with Crippen LogP contribution in [-0.2, 0) is 0 Å². The van der Waals surface area contributed by atoms with E-state index in [1.807, 2.05) is 0 Å². The Bertz CT molecular complexity index is 1170. The second-order valence-corrected chi connectivity index (χ2v) is 7.70. The van der Waals surface area contributed by atoms with Gasteiger partial charge in [0.25, 0.3) is 5.91 Å². The number of hydrogen-bond donors (Lipinski definition) is 2. The molecule has 0 saturated heterocycles. The summed E-state index contributed by atoms with van der Waals surface area (Å²) >= 11 is 0. The first kappa shape index (κ1) is 26.0. The molecule has 0 fully saturated rings. The lowest BCUT2D eigenvalue weighted by Gasteiger charge is -2.21. The summed E-state index contributed by atoms with van der Waals surface area (Å²) in [5.74, 6) is -2.80. The Morgan fingerprint density at radius 3 is 2.43 bits per heavy atom. The fraction of sp³-hybridized carbons (Fsp3) is 0.280. The highest BCUT2D eigenvalue weighted by Crippen LogP contribution is 2.35. The van der Waals surface area contributed by atoms with Crippen LogP contribution in [0.15, 0.2) is 54.6 Å². The van der Waals surface area contributed by atoms with E-state index in [9.17, 15) is 22.4 Å². The third kappa shape index (κ3) is 6.69. The number of benzene rings is 2. The lowest BCUT2D eigenvalue weighted by Crippen LogP contribution is -2.35. The van der Waals surface area contributed by atoms with Crippen molar-refractivity contribution in [1.82, 2.24) is 10.3 Å². The predicted molar refractivity (Wildman–Crippen MR) is 121 cm³/mol. The molecule has 1 aromatic heterocycles. The van der Waals surface area contributed by atoms with Crippen LogP contribution in [0.4, 0.5) is 17.6 Å². The van der Waals surface area contributed by atoms with E-state index in [1.54, 1.807) is 13.0 Å². The maximum absolute atomic E-state index is 14.0. The van der Waals surface area contributed by atoms with Crippen molar-refractivity contribution >= 4 is 5.91 Å². The third-order valence-electron chi connectivity index (χ3n) is 5.12. The van der Waals surface area contributed by atoms with E-state index in [2.05, 4.69) is 10.3 Å². The molecular formula is C25H24F4N2O4. The van der Waals surface area contributed by atoms with Gasteiger partial charge in [0.2, 0.25) is 0 Å². The van der Waals surface area contributed by atoms with Crippen LogP contribution in [0.1, 0.15) is 27.5 Å². The van der Waals surface area contributed by atoms with Crippen molar-refractivity contribution in [2.24, 2.45) is 0 Å². The van der Waals surface area contributed by atoms with E-state index >= 15 is 0 Å². The zero-order valence-corrected chi connectivity index (χ0v) is 19.0. The van der Waals surface area contributed by atoms with Gasteiger partial charge in [0.05, 0.1) is 25.1 Å². The Hall–Kier alpha value is -3.66. The number of pyridine rings is 1. The number of hydrogen-bond acceptors (Lipinski definition) is 5. The van der Waals surface area contributed by atoms with Gasteiger partial charge in [-0.15, -0.1) is 0 Å². The van der Waals surface area contributed by atoms with Gasteiger partial charge in [0.1, 0.15) is 18.3 Å². The summed E-state index contributed by atoms with van der Waals surface area (Å²) in [6, 6.07) is 12.3. The van der Waals surface area contributed by atoms with Gasteiger partial charge in [-0.05, 0) is 67.1 Å². The fourth-order valence-corrected chi connectivity index (χ4v) is 3.41. The average molecular weight is 492 g/mol. The number of aromatic nitrogens is 1. The number of carbonyl (C=O) groups is 1. The normalized spacial score (nSPS) is 12.2. The van der Waals surface area contributed by atoms with Gasteiger partial charge >= 0.3 is 6.18 Å². The number of nitrogens with one attached hydrogen (secondary N) is 1. The topological polar surface area (TPSA) is 80.7 Å². The molecule has 10 heteroatoms. The number of alkyl halides is 3. The molecule has 6 nitrogen and oxygen atoms in total. The van der Waals surface area contributed by atoms with Crippen LogP contribution in [0.2, 0.25) is 0 Å². The van der Waals surface area contributed by atoms with E-state index in [0.29, 0.717) is 11.1 Å². The minimum absolute atomic E-state index is 0.0125. The molecule has 1 unspecified atom stereocenters. The highest BCUT2D eigenvalue weighted by molar-refractivity contribution is 5.94. The molecule has 0 spiro atoms. The number of nitrogens with zero attached hydrogens (tertiary/aromatic N) is 1. The van der Waals surface area contributed by atoms with Crippen molar-refractivity contribution in [3.63, 3.8) is 0 Å². The first-order valence-corrected chi connectivity index (χ1v) is 10.6. The number of aliphatic hydroxyl groups is 1. The zero-order valence-electron chi connectivity index (χ0n) is 19.0. The van der Waals surface area contributed by atoms with Crippen molar-refractivity contribution in [1.29, 1.82) is 0 Å². The standard InChI is InChI=1S/C25H24F4N2O4/c1-15-11-20(16-3-6-18(26)7-4-16)31-21(12-15)19(25(27,28)29)14-30-24(33)17-5-8-22(35-10-9-32)23(13-17)34-2/h3-8,11-13,19,32H,9-10,14H2,1-2H3,(H,30,33). The lowest BCUT2D eigenvalue weighted by atomic mass is 10.00. The maximum atomic E-state index is 14.0. The quantitative estimate of drug-likeness (QED) is 0.425. The summed E-state index contributed by atoms with van der Waals surface area (Å²) in [7, 11) is 1.35. The molecule has 186 valence electrons. The Kier molecular flexibility index (Phi) is 8.29. The average Bonchev–Trinajstić information content (AvgIpc) is 2.81. The Morgan fingerprint density at radius 1 is 1.09 bits per heavy atom. The number of methoxy groups -OCH3 is 1. The summed E-state index contributed by atoms with van der Waals surface area (Å²) < 4.78 is 65.6. The SMILES string of the molecule is COc1cc(C(=O)NCC(c2cc(C)cc(-c3ccc(F)cc3)n2)C(F)(F)F)ccc1OCCO. The lowest BCUT2D eigenvalue weighted by molar-refractivity contribution is -0.149. The van der Waals surface area contributed by atoms with Crippen molar-refractivity contribution in [3.05, 3.63) is 77.2 Å². The van der Waals surface area contributed by atoms with Crippen LogP contribution in [0.5, 0.6) is 11.5 Å². The predicted octanol–water partition coefficient (Wildman–Crippen LogP) is 4.65. The molecular weight excluding hydrogens is 468 g/mol. The van der Waals surface area contributed by atoms with Crippen molar-refractivity contribution in [2.75, 3.05) is 26.9 Å². The molecule has 0 aliphatic carbocycles. The minimum atomic E-state index is -4.69.